The molecule has 2 rings (SSSR count). The highest BCUT2D eigenvalue weighted by Gasteiger charge is 2.18. The topological polar surface area (TPSA) is 106 Å². The fraction of sp³-hybridized carbons (Fsp3) is 0.350. The summed E-state index contributed by atoms with van der Waals surface area (Å²) in [7, 11) is 0. The quantitative estimate of drug-likeness (QED) is 0.694. The number of carbonyl (C=O) groups is 2. The highest BCUT2D eigenvalue weighted by atomic mass is 16.5. The van der Waals surface area contributed by atoms with Crippen LogP contribution in [0.5, 0.6) is 11.6 Å². The molecule has 0 fully saturated rings. The van der Waals surface area contributed by atoms with Gasteiger partial charge in [-0.05, 0) is 49.1 Å². The van der Waals surface area contributed by atoms with E-state index >= 15 is 0 Å². The number of nitrogens with zero attached hydrogens (tertiary/aromatic N) is 1. The normalized spacial score (nSPS) is 11.8. The van der Waals surface area contributed by atoms with Gasteiger partial charge in [-0.2, -0.15) is 0 Å². The minimum atomic E-state index is -0.653. The Labute approximate surface area is 159 Å². The van der Waals surface area contributed by atoms with Crippen molar-refractivity contribution >= 4 is 17.5 Å². The van der Waals surface area contributed by atoms with Gasteiger partial charge in [0.15, 0.2) is 0 Å². The van der Waals surface area contributed by atoms with Crippen LogP contribution in [0.15, 0.2) is 36.5 Å². The zero-order chi connectivity index (χ0) is 20.0. The molecule has 144 valence electrons. The van der Waals surface area contributed by atoms with E-state index in [1.165, 1.54) is 0 Å². The minimum Gasteiger partial charge on any atom is -0.437 e. The number of benzene rings is 1. The fourth-order valence-corrected chi connectivity index (χ4v) is 2.29. The van der Waals surface area contributed by atoms with Gasteiger partial charge in [-0.15, -0.1) is 0 Å². The first-order chi connectivity index (χ1) is 12.8. The third-order valence-corrected chi connectivity index (χ3v) is 4.25. The molecule has 0 unspecified atom stereocenters. The number of hydrogen-bond donors (Lipinski definition) is 3. The van der Waals surface area contributed by atoms with Gasteiger partial charge in [0.25, 0.3) is 0 Å². The van der Waals surface area contributed by atoms with Gasteiger partial charge in [0, 0.05) is 6.20 Å². The number of aryl methyl sites for hydroxylation is 1. The Kier molecular flexibility index (Phi) is 6.90. The molecule has 0 aliphatic heterocycles. The van der Waals surface area contributed by atoms with E-state index in [9.17, 15) is 9.59 Å². The Balaban J connectivity index is 2.04. The Hall–Kier alpha value is -2.93. The number of ether oxygens (including phenoxy) is 1. The molecule has 7 nitrogen and oxygen atoms in total. The van der Waals surface area contributed by atoms with Crippen molar-refractivity contribution < 1.29 is 14.3 Å². The maximum atomic E-state index is 12.2. The maximum absolute atomic E-state index is 12.2. The lowest BCUT2D eigenvalue weighted by molar-refractivity contribution is -0.125. The van der Waals surface area contributed by atoms with Crippen molar-refractivity contribution in [2.24, 2.45) is 11.7 Å². The van der Waals surface area contributed by atoms with Crippen LogP contribution >= 0.6 is 0 Å². The van der Waals surface area contributed by atoms with E-state index in [0.717, 1.165) is 11.1 Å². The molecule has 0 saturated heterocycles. The van der Waals surface area contributed by atoms with Crippen LogP contribution in [0.25, 0.3) is 0 Å². The number of nitrogens with one attached hydrogen (secondary N) is 2. The molecule has 4 N–H and O–H groups in total. The van der Waals surface area contributed by atoms with Crippen LogP contribution in [-0.2, 0) is 9.59 Å². The van der Waals surface area contributed by atoms with Crippen molar-refractivity contribution in [3.05, 3.63) is 47.7 Å². The van der Waals surface area contributed by atoms with Gasteiger partial charge >= 0.3 is 0 Å². The second-order valence-corrected chi connectivity index (χ2v) is 6.69. The molecule has 0 aliphatic carbocycles. The van der Waals surface area contributed by atoms with Crippen molar-refractivity contribution in [2.45, 2.75) is 33.7 Å². The third-order valence-electron chi connectivity index (χ3n) is 4.25. The summed E-state index contributed by atoms with van der Waals surface area (Å²) in [6.07, 6.45) is 1.58. The lowest BCUT2D eigenvalue weighted by atomic mass is 10.1. The molecular weight excluding hydrogens is 344 g/mol. The lowest BCUT2D eigenvalue weighted by Crippen LogP contribution is -2.46. The largest absolute Gasteiger partial charge is 0.437 e. The van der Waals surface area contributed by atoms with Gasteiger partial charge < -0.3 is 21.1 Å². The van der Waals surface area contributed by atoms with Crippen LogP contribution in [-0.4, -0.2) is 29.4 Å². The summed E-state index contributed by atoms with van der Waals surface area (Å²) in [5.74, 6) is 0.186. The van der Waals surface area contributed by atoms with E-state index < -0.39 is 11.9 Å². The number of pyridine rings is 1. The smallest absolute Gasteiger partial charge is 0.243 e. The first-order valence-electron chi connectivity index (χ1n) is 8.81. The van der Waals surface area contributed by atoms with Crippen molar-refractivity contribution in [3.63, 3.8) is 0 Å². The molecule has 1 atom stereocenters. The van der Waals surface area contributed by atoms with Crippen LogP contribution in [0, 0.1) is 19.8 Å². The van der Waals surface area contributed by atoms with Crippen LogP contribution in [0.3, 0.4) is 0 Å². The Morgan fingerprint density at radius 3 is 2.63 bits per heavy atom. The SMILES string of the molecule is Cc1cccc(Oc2ncccc2NC(=O)CNC(=O)[C@@H](N)C(C)C)c1C. The van der Waals surface area contributed by atoms with Gasteiger partial charge in [0.2, 0.25) is 17.7 Å². The van der Waals surface area contributed by atoms with E-state index in [1.54, 1.807) is 18.3 Å². The van der Waals surface area contributed by atoms with Crippen molar-refractivity contribution in [1.29, 1.82) is 0 Å². The molecule has 7 heteroatoms. The monoisotopic (exact) mass is 370 g/mol. The Morgan fingerprint density at radius 2 is 1.93 bits per heavy atom. The molecule has 0 spiro atoms. The first-order valence-corrected chi connectivity index (χ1v) is 8.81. The Bertz CT molecular complexity index is 821. The third kappa shape index (κ3) is 5.52. The van der Waals surface area contributed by atoms with Crippen molar-refractivity contribution in [3.8, 4) is 11.6 Å². The number of aromatic nitrogens is 1. The summed E-state index contributed by atoms with van der Waals surface area (Å²) in [6.45, 7) is 7.46. The van der Waals surface area contributed by atoms with Crippen molar-refractivity contribution in [1.82, 2.24) is 10.3 Å². The van der Waals surface area contributed by atoms with E-state index in [0.29, 0.717) is 11.4 Å². The van der Waals surface area contributed by atoms with E-state index in [1.807, 2.05) is 45.9 Å². The van der Waals surface area contributed by atoms with Crippen molar-refractivity contribution in [2.75, 3.05) is 11.9 Å². The van der Waals surface area contributed by atoms with Crippen LogP contribution in [0.1, 0.15) is 25.0 Å². The fourth-order valence-electron chi connectivity index (χ4n) is 2.29. The zero-order valence-corrected chi connectivity index (χ0v) is 16.1. The average Bonchev–Trinajstić information content (AvgIpc) is 2.64. The summed E-state index contributed by atoms with van der Waals surface area (Å²) < 4.78 is 5.88. The molecule has 0 radical (unpaired) electrons. The van der Waals surface area contributed by atoms with Crippen LogP contribution in [0.2, 0.25) is 0 Å². The predicted molar refractivity (Wildman–Crippen MR) is 105 cm³/mol. The first kappa shape index (κ1) is 20.4. The van der Waals surface area contributed by atoms with Gasteiger partial charge in [-0.3, -0.25) is 9.59 Å². The number of carbonyl (C=O) groups excluding carboxylic acids is 2. The Morgan fingerprint density at radius 1 is 1.19 bits per heavy atom. The standard InChI is InChI=1S/C20H26N4O3/c1-12(2)18(21)19(26)23-11-17(25)24-15-8-6-10-22-20(15)27-16-9-5-7-13(3)14(16)4/h5-10,12,18H,11,21H2,1-4H3,(H,23,26)(H,24,25)/t18-/m0/s1. The zero-order valence-electron chi connectivity index (χ0n) is 16.1. The molecule has 2 aromatic rings. The summed E-state index contributed by atoms with van der Waals surface area (Å²) in [5.41, 5.74) is 8.27. The average molecular weight is 370 g/mol. The van der Waals surface area contributed by atoms with Crippen LogP contribution < -0.4 is 21.1 Å². The highest BCUT2D eigenvalue weighted by Crippen LogP contribution is 2.30. The molecule has 0 bridgehead atoms. The molecule has 0 aliphatic rings. The second-order valence-electron chi connectivity index (χ2n) is 6.69. The number of nitrogens with two attached hydrogens (primary N) is 1. The molecule has 1 heterocycles. The predicted octanol–water partition coefficient (Wildman–Crippen LogP) is 2.53. The number of anilines is 1. The molecule has 27 heavy (non-hydrogen) atoms. The van der Waals surface area contributed by atoms with Crippen LogP contribution in [0.4, 0.5) is 5.69 Å². The van der Waals surface area contributed by atoms with Gasteiger partial charge in [0.1, 0.15) is 11.4 Å². The highest BCUT2D eigenvalue weighted by molar-refractivity contribution is 5.96. The van der Waals surface area contributed by atoms with E-state index in [-0.39, 0.29) is 24.2 Å². The summed E-state index contributed by atoms with van der Waals surface area (Å²) in [5, 5.41) is 5.24. The number of rotatable bonds is 7. The molecule has 0 saturated carbocycles. The summed E-state index contributed by atoms with van der Waals surface area (Å²) in [6, 6.07) is 8.46. The van der Waals surface area contributed by atoms with E-state index in [4.69, 9.17) is 10.5 Å². The van der Waals surface area contributed by atoms with Gasteiger partial charge in [-0.1, -0.05) is 26.0 Å². The lowest BCUT2D eigenvalue weighted by Gasteiger charge is -2.16. The number of hydrogen-bond acceptors (Lipinski definition) is 5. The molecule has 1 aromatic carbocycles. The van der Waals surface area contributed by atoms with Gasteiger partial charge in [0.05, 0.1) is 12.6 Å². The summed E-state index contributed by atoms with van der Waals surface area (Å²) >= 11 is 0. The molecule has 1 aromatic heterocycles. The molecular formula is C20H26N4O3. The summed E-state index contributed by atoms with van der Waals surface area (Å²) in [4.78, 5) is 28.3. The second kappa shape index (κ2) is 9.14. The van der Waals surface area contributed by atoms with E-state index in [2.05, 4.69) is 15.6 Å². The molecule has 2 amide bonds. The van der Waals surface area contributed by atoms with Gasteiger partial charge in [-0.25, -0.2) is 4.98 Å². The minimum absolute atomic E-state index is 0.0102. The number of amides is 2. The maximum Gasteiger partial charge on any atom is 0.243 e.